The van der Waals surface area contributed by atoms with E-state index in [2.05, 4.69) is 15.4 Å². The van der Waals surface area contributed by atoms with E-state index in [1.165, 1.54) is 11.3 Å². The molecule has 4 heterocycles. The highest BCUT2D eigenvalue weighted by molar-refractivity contribution is 7.07. The van der Waals surface area contributed by atoms with E-state index >= 15 is 0 Å². The Bertz CT molecular complexity index is 1670. The van der Waals surface area contributed by atoms with E-state index in [4.69, 9.17) is 4.42 Å². The molecule has 5 rings (SSSR count). The zero-order valence-electron chi connectivity index (χ0n) is 20.1. The highest BCUT2D eigenvalue weighted by Crippen LogP contribution is 2.31. The van der Waals surface area contributed by atoms with Crippen LogP contribution in [0.5, 0.6) is 0 Å². The Hall–Kier alpha value is -3.98. The van der Waals surface area contributed by atoms with E-state index < -0.39 is 6.04 Å². The number of carbonyl (C=O) groups excluding carboxylic acids is 1. The highest BCUT2D eigenvalue weighted by Gasteiger charge is 2.34. The third kappa shape index (κ3) is 3.97. The molecule has 8 nitrogen and oxygen atoms in total. The second-order valence-corrected chi connectivity index (χ2v) is 9.57. The van der Waals surface area contributed by atoms with Crippen LogP contribution in [0, 0.1) is 20.8 Å². The van der Waals surface area contributed by atoms with Crippen molar-refractivity contribution in [3.05, 3.63) is 102 Å². The van der Waals surface area contributed by atoms with Gasteiger partial charge in [-0.05, 0) is 58.0 Å². The Morgan fingerprint density at radius 3 is 2.49 bits per heavy atom. The molecule has 0 unspecified atom stereocenters. The van der Waals surface area contributed by atoms with Gasteiger partial charge in [0.1, 0.15) is 17.6 Å². The van der Waals surface area contributed by atoms with E-state index in [9.17, 15) is 9.59 Å². The number of anilines is 1. The first-order valence-corrected chi connectivity index (χ1v) is 12.0. The summed E-state index contributed by atoms with van der Waals surface area (Å²) < 4.78 is 9.82. The van der Waals surface area contributed by atoms with Gasteiger partial charge in [-0.15, -0.1) is 0 Å². The van der Waals surface area contributed by atoms with Gasteiger partial charge < -0.3 is 9.73 Å². The maximum Gasteiger partial charge on any atom is 0.271 e. The van der Waals surface area contributed by atoms with Crippen LogP contribution in [0.15, 0.2) is 67.9 Å². The molecular formula is C26H25N5O3S. The van der Waals surface area contributed by atoms with Gasteiger partial charge in [-0.25, -0.2) is 4.99 Å². The first kappa shape index (κ1) is 22.8. The van der Waals surface area contributed by atoms with Crippen molar-refractivity contribution >= 4 is 29.0 Å². The summed E-state index contributed by atoms with van der Waals surface area (Å²) in [6.07, 6.45) is 1.86. The quantitative estimate of drug-likeness (QED) is 0.479. The van der Waals surface area contributed by atoms with E-state index in [0.29, 0.717) is 37.8 Å². The lowest BCUT2D eigenvalue weighted by Crippen LogP contribution is -2.40. The molecule has 0 spiro atoms. The molecule has 0 bridgehead atoms. The predicted molar refractivity (Wildman–Crippen MR) is 135 cm³/mol. The number of benzene rings is 1. The number of rotatable bonds is 4. The van der Waals surface area contributed by atoms with Gasteiger partial charge in [-0.2, -0.15) is 5.10 Å². The lowest BCUT2D eigenvalue weighted by atomic mass is 10.00. The number of aromatic nitrogens is 3. The number of furan rings is 1. The molecule has 0 radical (unpaired) electrons. The van der Waals surface area contributed by atoms with Gasteiger partial charge in [-0.3, -0.25) is 18.8 Å². The zero-order valence-corrected chi connectivity index (χ0v) is 20.9. The molecule has 1 aliphatic rings. The molecule has 1 aromatic carbocycles. The van der Waals surface area contributed by atoms with Gasteiger partial charge in [0.2, 0.25) is 0 Å². The minimum atomic E-state index is -0.734. The van der Waals surface area contributed by atoms with Gasteiger partial charge in [-0.1, -0.05) is 29.5 Å². The highest BCUT2D eigenvalue weighted by atomic mass is 32.1. The molecule has 3 aromatic heterocycles. The van der Waals surface area contributed by atoms with Gasteiger partial charge in [0, 0.05) is 24.0 Å². The summed E-state index contributed by atoms with van der Waals surface area (Å²) in [6.45, 7) is 7.50. The first-order chi connectivity index (χ1) is 16.7. The molecule has 0 saturated heterocycles. The zero-order chi connectivity index (χ0) is 24.9. The maximum atomic E-state index is 13.7. The van der Waals surface area contributed by atoms with Crippen molar-refractivity contribution in [1.29, 1.82) is 0 Å². The van der Waals surface area contributed by atoms with Crippen LogP contribution in [0.25, 0.3) is 6.08 Å². The van der Waals surface area contributed by atoms with Crippen molar-refractivity contribution in [2.45, 2.75) is 33.7 Å². The van der Waals surface area contributed by atoms with Gasteiger partial charge in [0.25, 0.3) is 11.5 Å². The number of fused-ring (bicyclic) bond motifs is 1. The van der Waals surface area contributed by atoms with Crippen LogP contribution in [0.4, 0.5) is 5.69 Å². The third-order valence-corrected chi connectivity index (χ3v) is 7.15. The van der Waals surface area contributed by atoms with Crippen LogP contribution in [-0.2, 0) is 11.8 Å². The summed E-state index contributed by atoms with van der Waals surface area (Å²) in [5.41, 5.74) is 4.05. The largest absolute Gasteiger partial charge is 0.464 e. The SMILES string of the molecule is CC1=C(C(=O)Nc2ccccc2)[C@H](c2ccc(C)o2)n2c(s/c(=C/c3c(C)nn(C)c3C)c2=O)=N1. The molecule has 4 aromatic rings. The van der Waals surface area contributed by atoms with Crippen LogP contribution in [0.1, 0.15) is 41.4 Å². The number of hydrogen-bond donors (Lipinski definition) is 1. The van der Waals surface area contributed by atoms with Crippen molar-refractivity contribution in [3.63, 3.8) is 0 Å². The van der Waals surface area contributed by atoms with Crippen LogP contribution < -0.4 is 20.2 Å². The molecule has 1 N–H and O–H groups in total. The number of carbonyl (C=O) groups is 1. The fourth-order valence-corrected chi connectivity index (χ4v) is 5.36. The van der Waals surface area contributed by atoms with Crippen molar-refractivity contribution in [2.75, 3.05) is 5.32 Å². The fourth-order valence-electron chi connectivity index (χ4n) is 4.33. The van der Waals surface area contributed by atoms with Crippen molar-refractivity contribution in [3.8, 4) is 0 Å². The molecule has 0 aliphatic carbocycles. The Morgan fingerprint density at radius 2 is 1.86 bits per heavy atom. The molecule has 35 heavy (non-hydrogen) atoms. The summed E-state index contributed by atoms with van der Waals surface area (Å²) in [4.78, 5) is 32.4. The van der Waals surface area contributed by atoms with E-state index in [0.717, 1.165) is 17.0 Å². The number of thiazole rings is 1. The number of nitrogens with one attached hydrogen (secondary N) is 1. The topological polar surface area (TPSA) is 94.4 Å². The van der Waals surface area contributed by atoms with Crippen LogP contribution in [-0.4, -0.2) is 20.3 Å². The average Bonchev–Trinajstić information content (AvgIpc) is 3.45. The van der Waals surface area contributed by atoms with Crippen LogP contribution in [0.2, 0.25) is 0 Å². The maximum absolute atomic E-state index is 13.7. The molecule has 1 amide bonds. The molecular weight excluding hydrogens is 462 g/mol. The predicted octanol–water partition coefficient (Wildman–Crippen LogP) is 3.13. The fraction of sp³-hybridized carbons (Fsp3) is 0.231. The molecule has 1 aliphatic heterocycles. The summed E-state index contributed by atoms with van der Waals surface area (Å²) in [6, 6.07) is 12.1. The molecule has 0 saturated carbocycles. The number of amides is 1. The second-order valence-electron chi connectivity index (χ2n) is 8.56. The van der Waals surface area contributed by atoms with Gasteiger partial charge >= 0.3 is 0 Å². The Kier molecular flexibility index (Phi) is 5.64. The van der Waals surface area contributed by atoms with Gasteiger partial charge in [0.15, 0.2) is 4.80 Å². The minimum Gasteiger partial charge on any atom is -0.464 e. The second kappa shape index (κ2) is 8.66. The van der Waals surface area contributed by atoms with E-state index in [1.807, 2.05) is 70.3 Å². The summed E-state index contributed by atoms with van der Waals surface area (Å²) >= 11 is 1.29. The lowest BCUT2D eigenvalue weighted by Gasteiger charge is -2.23. The van der Waals surface area contributed by atoms with Crippen LogP contribution in [0.3, 0.4) is 0 Å². The minimum absolute atomic E-state index is 0.229. The lowest BCUT2D eigenvalue weighted by molar-refractivity contribution is -0.113. The van der Waals surface area contributed by atoms with E-state index in [-0.39, 0.29) is 11.5 Å². The number of hydrogen-bond acceptors (Lipinski definition) is 6. The molecule has 0 fully saturated rings. The van der Waals surface area contributed by atoms with Crippen molar-refractivity contribution in [2.24, 2.45) is 12.0 Å². The number of allylic oxidation sites excluding steroid dienone is 1. The Morgan fingerprint density at radius 1 is 1.11 bits per heavy atom. The molecule has 9 heteroatoms. The van der Waals surface area contributed by atoms with Crippen molar-refractivity contribution < 1.29 is 9.21 Å². The molecule has 178 valence electrons. The Labute approximate surface area is 205 Å². The molecule has 1 atom stereocenters. The van der Waals surface area contributed by atoms with Crippen molar-refractivity contribution in [1.82, 2.24) is 14.3 Å². The average molecular weight is 488 g/mol. The summed E-state index contributed by atoms with van der Waals surface area (Å²) in [5.74, 6) is 0.877. The normalized spacial score (nSPS) is 15.8. The smallest absolute Gasteiger partial charge is 0.271 e. The number of aryl methyl sites for hydroxylation is 3. The summed E-state index contributed by atoms with van der Waals surface area (Å²) in [5, 5.41) is 7.39. The van der Waals surface area contributed by atoms with Gasteiger partial charge in [0.05, 0.1) is 21.5 Å². The monoisotopic (exact) mass is 487 g/mol. The first-order valence-electron chi connectivity index (χ1n) is 11.2. The number of para-hydroxylation sites is 1. The Balaban J connectivity index is 1.69. The summed E-state index contributed by atoms with van der Waals surface area (Å²) in [7, 11) is 1.88. The van der Waals surface area contributed by atoms with E-state index in [1.54, 1.807) is 22.2 Å². The number of nitrogens with zero attached hydrogens (tertiary/aromatic N) is 4. The van der Waals surface area contributed by atoms with Crippen LogP contribution >= 0.6 is 11.3 Å². The standard InChI is InChI=1S/C26H25N5O3S/c1-14-11-12-20(34-14)23-22(24(32)28-18-9-7-6-8-10-18)16(3)27-26-31(23)25(33)21(35-26)13-19-15(2)29-30(5)17(19)4/h6-13,23H,1-5H3,(H,28,32)/b21-13+/t23-/m0/s1. The third-order valence-electron chi connectivity index (χ3n) is 6.17.